The van der Waals surface area contributed by atoms with Crippen LogP contribution in [0.15, 0.2) is 42.0 Å². The number of nitrogens with two attached hydrogens (primary N) is 1. The second kappa shape index (κ2) is 6.25. The molecule has 130 valence electrons. The van der Waals surface area contributed by atoms with Crippen LogP contribution in [0.4, 0.5) is 4.79 Å². The van der Waals surface area contributed by atoms with E-state index in [0.717, 1.165) is 18.4 Å². The third-order valence-electron chi connectivity index (χ3n) is 5.80. The first-order valence-corrected chi connectivity index (χ1v) is 8.75. The average Bonchev–Trinajstić information content (AvgIpc) is 2.57. The van der Waals surface area contributed by atoms with E-state index in [-0.39, 0.29) is 23.0 Å². The van der Waals surface area contributed by atoms with Crippen LogP contribution >= 0.6 is 0 Å². The Hall–Kier alpha value is -1.81. The molecule has 1 aliphatic heterocycles. The number of hydrogen-bond donors (Lipinski definition) is 1. The Morgan fingerprint density at radius 3 is 2.71 bits per heavy atom. The van der Waals surface area contributed by atoms with Gasteiger partial charge in [-0.3, -0.25) is 0 Å². The third kappa shape index (κ3) is 3.07. The van der Waals surface area contributed by atoms with Crippen molar-refractivity contribution in [2.45, 2.75) is 46.3 Å². The van der Waals surface area contributed by atoms with Crippen LogP contribution in [-0.4, -0.2) is 30.1 Å². The quantitative estimate of drug-likeness (QED) is 0.842. The number of carbonyl (C=O) groups is 1. The second-order valence-corrected chi connectivity index (χ2v) is 7.97. The normalized spacial score (nSPS) is 28.8. The lowest BCUT2D eigenvalue weighted by molar-refractivity contribution is 0.0648. The fourth-order valence-electron chi connectivity index (χ4n) is 4.26. The number of carbonyl (C=O) groups excluding carboxylic acids is 1. The Morgan fingerprint density at radius 1 is 1.29 bits per heavy atom. The molecule has 0 unspecified atom stereocenters. The minimum atomic E-state index is -0.233. The number of hydrogen-bond acceptors (Lipinski definition) is 3. The Kier molecular flexibility index (Phi) is 4.43. The molecule has 0 saturated heterocycles. The summed E-state index contributed by atoms with van der Waals surface area (Å²) in [6.45, 7) is 8.34. The molecular formula is C20H28N2O2. The van der Waals surface area contributed by atoms with E-state index in [2.05, 4.69) is 26.8 Å². The van der Waals surface area contributed by atoms with Gasteiger partial charge in [0.15, 0.2) is 0 Å². The molecule has 0 spiro atoms. The SMILES string of the molecule is CC1(C)C2=CCN(C(=O)OCc3ccccc3)C[C@@]2(C)CC[C@H]1N. The summed E-state index contributed by atoms with van der Waals surface area (Å²) in [5.41, 5.74) is 8.75. The zero-order valence-corrected chi connectivity index (χ0v) is 14.9. The fourth-order valence-corrected chi connectivity index (χ4v) is 4.26. The van der Waals surface area contributed by atoms with Gasteiger partial charge in [-0.05, 0) is 18.4 Å². The zero-order chi connectivity index (χ0) is 17.4. The summed E-state index contributed by atoms with van der Waals surface area (Å²) in [6, 6.07) is 9.98. The van der Waals surface area contributed by atoms with Gasteiger partial charge in [-0.1, -0.05) is 62.8 Å². The highest BCUT2D eigenvalue weighted by Gasteiger charge is 2.48. The summed E-state index contributed by atoms with van der Waals surface area (Å²) in [7, 11) is 0. The molecule has 1 aliphatic carbocycles. The number of benzene rings is 1. The molecular weight excluding hydrogens is 300 g/mol. The van der Waals surface area contributed by atoms with E-state index in [4.69, 9.17) is 10.5 Å². The van der Waals surface area contributed by atoms with Crippen molar-refractivity contribution < 1.29 is 9.53 Å². The van der Waals surface area contributed by atoms with E-state index in [0.29, 0.717) is 19.7 Å². The van der Waals surface area contributed by atoms with E-state index in [1.165, 1.54) is 5.57 Å². The number of amides is 1. The Bertz CT molecular complexity index is 638. The lowest BCUT2D eigenvalue weighted by Crippen LogP contribution is -2.54. The van der Waals surface area contributed by atoms with Crippen LogP contribution in [0.1, 0.15) is 39.2 Å². The summed E-state index contributed by atoms with van der Waals surface area (Å²) < 4.78 is 5.50. The number of rotatable bonds is 2. The molecule has 4 heteroatoms. The fraction of sp³-hybridized carbons (Fsp3) is 0.550. The number of nitrogens with zero attached hydrogens (tertiary/aromatic N) is 1. The standard InChI is InChI=1S/C20H28N2O2/c1-19(2)16-10-12-22(14-20(16,3)11-9-17(19)21)18(23)24-13-15-7-5-4-6-8-15/h4-8,10,17H,9,11-14,21H2,1-3H3/t17-,20-/m1/s1. The van der Waals surface area contributed by atoms with Gasteiger partial charge in [0.2, 0.25) is 0 Å². The van der Waals surface area contributed by atoms with E-state index < -0.39 is 0 Å². The molecule has 1 fully saturated rings. The van der Waals surface area contributed by atoms with Crippen molar-refractivity contribution in [2.75, 3.05) is 13.1 Å². The molecule has 0 bridgehead atoms. The van der Waals surface area contributed by atoms with Crippen molar-refractivity contribution in [3.8, 4) is 0 Å². The molecule has 0 radical (unpaired) electrons. The summed E-state index contributed by atoms with van der Waals surface area (Å²) in [5, 5.41) is 0. The molecule has 3 rings (SSSR count). The van der Waals surface area contributed by atoms with Crippen molar-refractivity contribution in [2.24, 2.45) is 16.6 Å². The van der Waals surface area contributed by atoms with E-state index in [1.807, 2.05) is 35.2 Å². The van der Waals surface area contributed by atoms with E-state index in [9.17, 15) is 4.79 Å². The Balaban J connectivity index is 1.68. The molecule has 1 heterocycles. The van der Waals surface area contributed by atoms with Crippen LogP contribution in [0.5, 0.6) is 0 Å². The maximum Gasteiger partial charge on any atom is 0.410 e. The maximum absolute atomic E-state index is 12.5. The molecule has 2 aliphatic rings. The molecule has 0 aromatic heterocycles. The predicted octanol–water partition coefficient (Wildman–Crippen LogP) is 3.72. The average molecular weight is 328 g/mol. The van der Waals surface area contributed by atoms with Gasteiger partial charge in [-0.15, -0.1) is 0 Å². The number of ether oxygens (including phenoxy) is 1. The minimum absolute atomic E-state index is 0.00336. The summed E-state index contributed by atoms with van der Waals surface area (Å²) in [5.74, 6) is 0. The maximum atomic E-state index is 12.5. The summed E-state index contributed by atoms with van der Waals surface area (Å²) >= 11 is 0. The molecule has 2 N–H and O–H groups in total. The number of fused-ring (bicyclic) bond motifs is 1. The first kappa shape index (κ1) is 17.0. The van der Waals surface area contributed by atoms with Crippen molar-refractivity contribution in [1.82, 2.24) is 4.90 Å². The molecule has 1 aromatic carbocycles. The van der Waals surface area contributed by atoms with E-state index in [1.54, 1.807) is 0 Å². The molecule has 2 atom stereocenters. The van der Waals surface area contributed by atoms with Gasteiger partial charge in [0, 0.05) is 30.0 Å². The first-order chi connectivity index (χ1) is 11.3. The topological polar surface area (TPSA) is 55.6 Å². The summed E-state index contributed by atoms with van der Waals surface area (Å²) in [4.78, 5) is 14.3. The zero-order valence-electron chi connectivity index (χ0n) is 14.9. The largest absolute Gasteiger partial charge is 0.445 e. The van der Waals surface area contributed by atoms with Crippen molar-refractivity contribution in [3.63, 3.8) is 0 Å². The summed E-state index contributed by atoms with van der Waals surface area (Å²) in [6.07, 6.45) is 3.98. The first-order valence-electron chi connectivity index (χ1n) is 8.75. The molecule has 1 aromatic rings. The minimum Gasteiger partial charge on any atom is -0.445 e. The van der Waals surface area contributed by atoms with E-state index >= 15 is 0 Å². The smallest absolute Gasteiger partial charge is 0.410 e. The van der Waals surface area contributed by atoms with Gasteiger partial charge < -0.3 is 15.4 Å². The van der Waals surface area contributed by atoms with Crippen LogP contribution in [0.2, 0.25) is 0 Å². The molecule has 24 heavy (non-hydrogen) atoms. The van der Waals surface area contributed by atoms with Gasteiger partial charge in [0.1, 0.15) is 6.61 Å². The van der Waals surface area contributed by atoms with Gasteiger partial charge in [-0.2, -0.15) is 0 Å². The second-order valence-electron chi connectivity index (χ2n) is 7.97. The van der Waals surface area contributed by atoms with Crippen LogP contribution in [-0.2, 0) is 11.3 Å². The third-order valence-corrected chi connectivity index (χ3v) is 5.80. The molecule has 4 nitrogen and oxygen atoms in total. The van der Waals surface area contributed by atoms with Crippen molar-refractivity contribution in [3.05, 3.63) is 47.5 Å². The van der Waals surface area contributed by atoms with Crippen molar-refractivity contribution >= 4 is 6.09 Å². The van der Waals surface area contributed by atoms with Gasteiger partial charge in [0.05, 0.1) is 0 Å². The van der Waals surface area contributed by atoms with Gasteiger partial charge in [0.25, 0.3) is 0 Å². The lowest BCUT2D eigenvalue weighted by atomic mass is 9.57. The monoisotopic (exact) mass is 328 g/mol. The Labute approximate surface area is 144 Å². The highest BCUT2D eigenvalue weighted by molar-refractivity contribution is 5.68. The lowest BCUT2D eigenvalue weighted by Gasteiger charge is -2.53. The van der Waals surface area contributed by atoms with Gasteiger partial charge in [-0.25, -0.2) is 4.79 Å². The molecule has 1 amide bonds. The molecule has 1 saturated carbocycles. The van der Waals surface area contributed by atoms with Crippen LogP contribution in [0, 0.1) is 10.8 Å². The Morgan fingerprint density at radius 2 is 2.00 bits per heavy atom. The predicted molar refractivity (Wildman–Crippen MR) is 95.4 cm³/mol. The van der Waals surface area contributed by atoms with Crippen LogP contribution in [0.3, 0.4) is 0 Å². The highest BCUT2D eigenvalue weighted by atomic mass is 16.6. The van der Waals surface area contributed by atoms with Gasteiger partial charge >= 0.3 is 6.09 Å². The highest BCUT2D eigenvalue weighted by Crippen LogP contribution is 2.51. The van der Waals surface area contributed by atoms with Crippen LogP contribution < -0.4 is 5.73 Å². The van der Waals surface area contributed by atoms with Crippen molar-refractivity contribution in [1.29, 1.82) is 0 Å². The van der Waals surface area contributed by atoms with Crippen LogP contribution in [0.25, 0.3) is 0 Å².